The van der Waals surface area contributed by atoms with Crippen LogP contribution < -0.4 is 5.73 Å². The molecule has 0 saturated carbocycles. The van der Waals surface area contributed by atoms with Crippen LogP contribution in [0.15, 0.2) is 10.9 Å². The molecule has 2 atom stereocenters. The van der Waals surface area contributed by atoms with Crippen molar-refractivity contribution in [3.8, 4) is 0 Å². The van der Waals surface area contributed by atoms with E-state index in [1.165, 1.54) is 0 Å². The standard InChI is InChI=1S/C14H21N7O2/c1-3-11-17-14(23-19-11)9(2)20-6-4-5-10(7-20)21-8-16-13(18-21)12(15)22/h8-10H,3-7H2,1-2H3,(H2,15,22)/t9-,10-/m0/s1. The largest absolute Gasteiger partial charge is 0.363 e. The third-order valence-electron chi connectivity index (χ3n) is 4.24. The Hall–Kier alpha value is -2.29. The molecule has 2 N–H and O–H groups in total. The van der Waals surface area contributed by atoms with Crippen LogP contribution in [0.2, 0.25) is 0 Å². The van der Waals surface area contributed by atoms with E-state index in [0.717, 1.165) is 38.2 Å². The van der Waals surface area contributed by atoms with Crippen LogP contribution in [0.3, 0.4) is 0 Å². The summed E-state index contributed by atoms with van der Waals surface area (Å²) in [6.07, 6.45) is 4.33. The van der Waals surface area contributed by atoms with Gasteiger partial charge in [0.25, 0.3) is 5.91 Å². The lowest BCUT2D eigenvalue weighted by atomic mass is 10.0. The van der Waals surface area contributed by atoms with Crippen molar-refractivity contribution in [1.29, 1.82) is 0 Å². The van der Waals surface area contributed by atoms with E-state index in [1.54, 1.807) is 11.0 Å². The number of carbonyl (C=O) groups is 1. The number of nitrogens with two attached hydrogens (primary N) is 1. The number of likely N-dealkylation sites (tertiary alicyclic amines) is 1. The van der Waals surface area contributed by atoms with Crippen molar-refractivity contribution in [2.24, 2.45) is 5.73 Å². The van der Waals surface area contributed by atoms with Crippen LogP contribution >= 0.6 is 0 Å². The Balaban J connectivity index is 1.70. The van der Waals surface area contributed by atoms with Crippen LogP contribution in [-0.4, -0.2) is 48.8 Å². The molecule has 0 bridgehead atoms. The van der Waals surface area contributed by atoms with Gasteiger partial charge in [0.15, 0.2) is 5.82 Å². The summed E-state index contributed by atoms with van der Waals surface area (Å²) in [4.78, 5) is 21.8. The number of aromatic nitrogens is 5. The minimum Gasteiger partial charge on any atom is -0.363 e. The number of nitrogens with zero attached hydrogens (tertiary/aromatic N) is 6. The normalized spacial score (nSPS) is 20.5. The predicted octanol–water partition coefficient (Wildman–Crippen LogP) is 0.721. The van der Waals surface area contributed by atoms with Crippen LogP contribution in [0.1, 0.15) is 61.1 Å². The van der Waals surface area contributed by atoms with E-state index in [2.05, 4.69) is 32.0 Å². The van der Waals surface area contributed by atoms with E-state index in [9.17, 15) is 4.79 Å². The number of aryl methyl sites for hydroxylation is 1. The molecule has 1 saturated heterocycles. The third-order valence-corrected chi connectivity index (χ3v) is 4.24. The van der Waals surface area contributed by atoms with Gasteiger partial charge in [0.05, 0.1) is 12.1 Å². The molecule has 23 heavy (non-hydrogen) atoms. The average Bonchev–Trinajstić information content (AvgIpc) is 3.23. The molecule has 0 unspecified atom stereocenters. The number of carbonyl (C=O) groups excluding carboxylic acids is 1. The van der Waals surface area contributed by atoms with E-state index in [-0.39, 0.29) is 17.9 Å². The molecule has 2 aromatic heterocycles. The molecule has 9 heteroatoms. The third kappa shape index (κ3) is 3.24. The molecular formula is C14H21N7O2. The van der Waals surface area contributed by atoms with Gasteiger partial charge in [0.1, 0.15) is 6.33 Å². The maximum Gasteiger partial charge on any atom is 0.288 e. The summed E-state index contributed by atoms with van der Waals surface area (Å²) in [5.74, 6) is 0.809. The van der Waals surface area contributed by atoms with Crippen molar-refractivity contribution in [3.63, 3.8) is 0 Å². The quantitative estimate of drug-likeness (QED) is 0.863. The zero-order valence-corrected chi connectivity index (χ0v) is 13.3. The summed E-state index contributed by atoms with van der Waals surface area (Å²) < 4.78 is 7.07. The fraction of sp³-hybridized carbons (Fsp3) is 0.643. The van der Waals surface area contributed by atoms with Crippen molar-refractivity contribution in [2.75, 3.05) is 13.1 Å². The Kier molecular flexibility index (Phi) is 4.37. The minimum atomic E-state index is -0.609. The Morgan fingerprint density at radius 2 is 2.39 bits per heavy atom. The van der Waals surface area contributed by atoms with Crippen LogP contribution in [-0.2, 0) is 6.42 Å². The highest BCUT2D eigenvalue weighted by Crippen LogP contribution is 2.27. The first-order valence-electron chi connectivity index (χ1n) is 7.86. The highest BCUT2D eigenvalue weighted by molar-refractivity contribution is 5.88. The average molecular weight is 319 g/mol. The van der Waals surface area contributed by atoms with E-state index in [0.29, 0.717) is 5.89 Å². The lowest BCUT2D eigenvalue weighted by Crippen LogP contribution is -2.38. The second-order valence-corrected chi connectivity index (χ2v) is 5.78. The molecule has 0 aliphatic carbocycles. The predicted molar refractivity (Wildman–Crippen MR) is 80.5 cm³/mol. The fourth-order valence-electron chi connectivity index (χ4n) is 2.85. The zero-order chi connectivity index (χ0) is 16.4. The number of rotatable bonds is 5. The minimum absolute atomic E-state index is 0.0460. The topological polar surface area (TPSA) is 116 Å². The molecule has 1 aliphatic rings. The number of primary amides is 1. The fourth-order valence-corrected chi connectivity index (χ4v) is 2.85. The van der Waals surface area contributed by atoms with Crippen molar-refractivity contribution in [1.82, 2.24) is 29.8 Å². The molecule has 2 aromatic rings. The SMILES string of the molecule is CCc1noc([C@H](C)N2CCC[C@H](n3cnc(C(N)=O)n3)C2)n1. The van der Waals surface area contributed by atoms with Gasteiger partial charge in [-0.2, -0.15) is 4.98 Å². The van der Waals surface area contributed by atoms with Gasteiger partial charge in [-0.05, 0) is 26.3 Å². The number of piperidine rings is 1. The molecule has 3 rings (SSSR count). The molecule has 1 aliphatic heterocycles. The van der Waals surface area contributed by atoms with E-state index < -0.39 is 5.91 Å². The monoisotopic (exact) mass is 319 g/mol. The number of amides is 1. The summed E-state index contributed by atoms with van der Waals surface area (Å²) in [5.41, 5.74) is 5.21. The summed E-state index contributed by atoms with van der Waals surface area (Å²) >= 11 is 0. The van der Waals surface area contributed by atoms with E-state index in [1.807, 2.05) is 6.92 Å². The number of hydrogen-bond acceptors (Lipinski definition) is 7. The molecule has 124 valence electrons. The van der Waals surface area contributed by atoms with Crippen LogP contribution in [0, 0.1) is 0 Å². The molecule has 9 nitrogen and oxygen atoms in total. The maximum atomic E-state index is 11.1. The van der Waals surface area contributed by atoms with Crippen LogP contribution in [0.4, 0.5) is 0 Å². The van der Waals surface area contributed by atoms with Gasteiger partial charge < -0.3 is 10.3 Å². The maximum absolute atomic E-state index is 11.1. The molecule has 0 radical (unpaired) electrons. The van der Waals surface area contributed by atoms with Crippen LogP contribution in [0.5, 0.6) is 0 Å². The molecule has 3 heterocycles. The van der Waals surface area contributed by atoms with Gasteiger partial charge in [0, 0.05) is 13.0 Å². The molecule has 1 amide bonds. The Morgan fingerprint density at radius 1 is 1.57 bits per heavy atom. The van der Waals surface area contributed by atoms with Gasteiger partial charge in [-0.1, -0.05) is 12.1 Å². The van der Waals surface area contributed by atoms with E-state index in [4.69, 9.17) is 10.3 Å². The Labute approximate surface area is 133 Å². The van der Waals surface area contributed by atoms with Crippen molar-refractivity contribution in [3.05, 3.63) is 23.9 Å². The van der Waals surface area contributed by atoms with Crippen molar-refractivity contribution >= 4 is 5.91 Å². The first kappa shape index (κ1) is 15.6. The van der Waals surface area contributed by atoms with Gasteiger partial charge in [-0.3, -0.25) is 9.69 Å². The summed E-state index contributed by atoms with van der Waals surface area (Å²) in [6, 6.07) is 0.199. The van der Waals surface area contributed by atoms with Crippen molar-refractivity contribution in [2.45, 2.75) is 45.2 Å². The first-order chi connectivity index (χ1) is 11.1. The lowest BCUT2D eigenvalue weighted by molar-refractivity contribution is 0.0984. The number of hydrogen-bond donors (Lipinski definition) is 1. The van der Waals surface area contributed by atoms with Gasteiger partial charge in [0.2, 0.25) is 11.7 Å². The molecule has 0 spiro atoms. The summed E-state index contributed by atoms with van der Waals surface area (Å²) in [6.45, 7) is 5.80. The summed E-state index contributed by atoms with van der Waals surface area (Å²) in [7, 11) is 0. The van der Waals surface area contributed by atoms with Gasteiger partial charge in [-0.25, -0.2) is 9.67 Å². The first-order valence-corrected chi connectivity index (χ1v) is 7.86. The Bertz CT molecular complexity index is 680. The highest BCUT2D eigenvalue weighted by atomic mass is 16.5. The zero-order valence-electron chi connectivity index (χ0n) is 13.3. The molecule has 0 aromatic carbocycles. The smallest absolute Gasteiger partial charge is 0.288 e. The lowest BCUT2D eigenvalue weighted by Gasteiger charge is -2.35. The van der Waals surface area contributed by atoms with Gasteiger partial charge in [-0.15, -0.1) is 5.10 Å². The molecular weight excluding hydrogens is 298 g/mol. The van der Waals surface area contributed by atoms with E-state index >= 15 is 0 Å². The van der Waals surface area contributed by atoms with Gasteiger partial charge >= 0.3 is 0 Å². The summed E-state index contributed by atoms with van der Waals surface area (Å²) in [5, 5.41) is 8.13. The van der Waals surface area contributed by atoms with Crippen molar-refractivity contribution < 1.29 is 9.32 Å². The second kappa shape index (κ2) is 6.45. The molecule has 1 fully saturated rings. The second-order valence-electron chi connectivity index (χ2n) is 5.78. The Morgan fingerprint density at radius 3 is 3.04 bits per heavy atom. The van der Waals surface area contributed by atoms with Crippen LogP contribution in [0.25, 0.3) is 0 Å². The highest BCUT2D eigenvalue weighted by Gasteiger charge is 2.29.